The Morgan fingerprint density at radius 3 is 2.21 bits per heavy atom. The van der Waals surface area contributed by atoms with E-state index in [4.69, 9.17) is 77.4 Å². The van der Waals surface area contributed by atoms with Crippen molar-refractivity contribution in [3.05, 3.63) is 46.3 Å². The number of esters is 3. The van der Waals surface area contributed by atoms with Crippen molar-refractivity contribution in [2.75, 3.05) is 26.9 Å². The van der Waals surface area contributed by atoms with Crippen LogP contribution < -0.4 is 0 Å². The van der Waals surface area contributed by atoms with Crippen molar-refractivity contribution in [2.24, 2.45) is 11.0 Å². The SMILES string of the molecule is CCCCOCC1O[C@H](O[C@H]2C(I)C(OC(=O)c3ccccc3)[C@H](OC(C)(C)CC)O[C@H]2C(=O)OC)[C@@H](N=[N+]=[N-])C(OCCCC)[C@@H]1C(CC)OC(=O)C(Cl)(Cl)Cl. The fraction of sp³-hybridized carbons (Fsp3) is 0.763. The first kappa shape index (κ1) is 49.7. The van der Waals surface area contributed by atoms with E-state index in [9.17, 15) is 19.9 Å². The maximum atomic E-state index is 13.5. The highest BCUT2D eigenvalue weighted by Crippen LogP contribution is 2.41. The molecule has 2 aliphatic rings. The number of azide groups is 1. The molecule has 0 bridgehead atoms. The number of carbonyl (C=O) groups excluding carboxylic acids is 3. The third-order valence-corrected chi connectivity index (χ3v) is 11.6. The molecule has 0 radical (unpaired) electrons. The Morgan fingerprint density at radius 1 is 0.965 bits per heavy atom. The molecule has 2 heterocycles. The van der Waals surface area contributed by atoms with Crippen molar-refractivity contribution in [3.63, 3.8) is 0 Å². The average molecular weight is 979 g/mol. The lowest BCUT2D eigenvalue weighted by molar-refractivity contribution is -0.327. The van der Waals surface area contributed by atoms with Gasteiger partial charge in [-0.05, 0) is 57.2 Å². The van der Waals surface area contributed by atoms with E-state index < -0.39 is 92.4 Å². The maximum Gasteiger partial charge on any atom is 0.358 e. The number of alkyl halides is 4. The zero-order chi connectivity index (χ0) is 42.3. The van der Waals surface area contributed by atoms with Gasteiger partial charge in [-0.1, -0.05) is 121 Å². The lowest BCUT2D eigenvalue weighted by atomic mass is 9.82. The largest absolute Gasteiger partial charge is 0.467 e. The predicted octanol–water partition coefficient (Wildman–Crippen LogP) is 8.22. The average Bonchev–Trinajstić information content (AvgIpc) is 3.18. The summed E-state index contributed by atoms with van der Waals surface area (Å²) in [7, 11) is 1.20. The summed E-state index contributed by atoms with van der Waals surface area (Å²) in [6.45, 7) is 12.0. The summed E-state index contributed by atoms with van der Waals surface area (Å²) in [5.41, 5.74) is 9.46. The van der Waals surface area contributed by atoms with Crippen LogP contribution in [-0.4, -0.2) is 113 Å². The molecule has 2 aliphatic heterocycles. The Kier molecular flexibility index (Phi) is 20.8. The molecule has 0 N–H and O–H groups in total. The fourth-order valence-corrected chi connectivity index (χ4v) is 7.44. The van der Waals surface area contributed by atoms with E-state index in [0.29, 0.717) is 19.4 Å². The topological polar surface area (TPSA) is 183 Å². The highest BCUT2D eigenvalue weighted by atomic mass is 127. The zero-order valence-electron chi connectivity index (χ0n) is 33.4. The number of benzene rings is 1. The quantitative estimate of drug-likeness (QED) is 0.0168. The second-order valence-electron chi connectivity index (χ2n) is 14.2. The number of methoxy groups -OCH3 is 1. The van der Waals surface area contributed by atoms with Gasteiger partial charge in [-0.3, -0.25) is 0 Å². The summed E-state index contributed by atoms with van der Waals surface area (Å²) in [5, 5.41) is 4.10. The van der Waals surface area contributed by atoms with Crippen LogP contribution in [0, 0.1) is 5.92 Å². The van der Waals surface area contributed by atoms with Gasteiger partial charge in [0.05, 0.1) is 46.9 Å². The molecule has 57 heavy (non-hydrogen) atoms. The van der Waals surface area contributed by atoms with Crippen molar-refractivity contribution in [1.29, 1.82) is 0 Å². The third kappa shape index (κ3) is 14.2. The summed E-state index contributed by atoms with van der Waals surface area (Å²) < 4.78 is 52.3. The summed E-state index contributed by atoms with van der Waals surface area (Å²) >= 11 is 19.8. The van der Waals surface area contributed by atoms with Crippen molar-refractivity contribution >= 4 is 75.3 Å². The van der Waals surface area contributed by atoms with Crippen molar-refractivity contribution in [1.82, 2.24) is 0 Å². The van der Waals surface area contributed by atoms with Crippen LogP contribution in [0.4, 0.5) is 0 Å². The summed E-state index contributed by atoms with van der Waals surface area (Å²) in [4.78, 5) is 43.1. The van der Waals surface area contributed by atoms with E-state index in [1.807, 2.05) is 57.2 Å². The van der Waals surface area contributed by atoms with Crippen LogP contribution in [0.2, 0.25) is 0 Å². The van der Waals surface area contributed by atoms with E-state index >= 15 is 0 Å². The van der Waals surface area contributed by atoms with Gasteiger partial charge in [0, 0.05) is 18.1 Å². The smallest absolute Gasteiger partial charge is 0.358 e. The highest BCUT2D eigenvalue weighted by Gasteiger charge is 2.57. The minimum atomic E-state index is -2.38. The van der Waals surface area contributed by atoms with E-state index in [1.165, 1.54) is 7.11 Å². The highest BCUT2D eigenvalue weighted by molar-refractivity contribution is 14.1. The van der Waals surface area contributed by atoms with Gasteiger partial charge < -0.3 is 42.6 Å². The first-order valence-corrected chi connectivity index (χ1v) is 21.6. The van der Waals surface area contributed by atoms with Crippen LogP contribution in [0.5, 0.6) is 0 Å². The van der Waals surface area contributed by atoms with Gasteiger partial charge in [0.15, 0.2) is 24.8 Å². The number of rotatable bonds is 21. The lowest BCUT2D eigenvalue weighted by Crippen LogP contribution is -2.65. The lowest BCUT2D eigenvalue weighted by Gasteiger charge is -2.50. The Morgan fingerprint density at radius 2 is 1.63 bits per heavy atom. The Labute approximate surface area is 363 Å². The minimum Gasteiger partial charge on any atom is -0.467 e. The minimum absolute atomic E-state index is 0.0163. The molecule has 19 heteroatoms. The molecule has 1 aromatic rings. The van der Waals surface area contributed by atoms with Gasteiger partial charge in [-0.15, -0.1) is 0 Å². The Hall–Kier alpha value is -1.70. The Balaban J connectivity index is 2.15. The molecule has 0 amide bonds. The molecule has 322 valence electrons. The van der Waals surface area contributed by atoms with E-state index in [0.717, 1.165) is 19.3 Å². The molecule has 15 nitrogen and oxygen atoms in total. The summed E-state index contributed by atoms with van der Waals surface area (Å²) in [5.74, 6) is -3.38. The molecule has 3 rings (SSSR count). The first-order valence-electron chi connectivity index (χ1n) is 19.2. The third-order valence-electron chi connectivity index (χ3n) is 9.71. The van der Waals surface area contributed by atoms with Gasteiger partial charge in [0.1, 0.15) is 18.2 Å². The standard InChI is InChI=1S/C38H55Cl3IN3O12/c1-8-12-19-50-21-24-25(23(10-3)53-36(48)38(39,40)41)28(51-20-13-9-2)27(44-45-43)34(52-24)55-29-26(42)30(54-32(46)22-17-15-14-16-18-22)35(57-37(5,6)11-4)56-31(29)33(47)49-7/h14-18,23-31,34-35H,8-13,19-21H2,1-7H3/t23?,24?,25-,26?,27+,28?,29+,30?,31-,34-,35+/m1/s1. The number of unbranched alkanes of at least 4 members (excludes halogenated alkanes) is 2. The van der Waals surface area contributed by atoms with Crippen molar-refractivity contribution in [2.45, 2.75) is 149 Å². The van der Waals surface area contributed by atoms with Crippen LogP contribution >= 0.6 is 57.4 Å². The molecule has 0 saturated carbocycles. The van der Waals surface area contributed by atoms with Crippen LogP contribution in [0.3, 0.4) is 0 Å². The summed E-state index contributed by atoms with van der Waals surface area (Å²) in [6, 6.07) is 7.16. The second kappa shape index (κ2) is 23.9. The number of hydrogen-bond acceptors (Lipinski definition) is 13. The summed E-state index contributed by atoms with van der Waals surface area (Å²) in [6.07, 6.45) is -5.46. The molecule has 0 aliphatic carbocycles. The van der Waals surface area contributed by atoms with Crippen LogP contribution in [0.25, 0.3) is 10.4 Å². The maximum absolute atomic E-state index is 13.5. The number of halogens is 4. The number of hydrogen-bond donors (Lipinski definition) is 0. The van der Waals surface area contributed by atoms with Gasteiger partial charge in [-0.2, -0.15) is 0 Å². The molecule has 5 unspecified atom stereocenters. The Bertz CT molecular complexity index is 1470. The first-order chi connectivity index (χ1) is 27.1. The van der Waals surface area contributed by atoms with Gasteiger partial charge in [-0.25, -0.2) is 14.4 Å². The predicted molar refractivity (Wildman–Crippen MR) is 220 cm³/mol. The molecule has 0 spiro atoms. The molecular weight excluding hydrogens is 924 g/mol. The van der Waals surface area contributed by atoms with E-state index in [-0.39, 0.29) is 25.2 Å². The van der Waals surface area contributed by atoms with Gasteiger partial charge in [0.2, 0.25) is 0 Å². The monoisotopic (exact) mass is 977 g/mol. The number of nitrogens with zero attached hydrogens (tertiary/aromatic N) is 3. The van der Waals surface area contributed by atoms with Gasteiger partial charge in [0.25, 0.3) is 3.79 Å². The van der Waals surface area contributed by atoms with E-state index in [1.54, 1.807) is 37.3 Å². The molecule has 2 saturated heterocycles. The number of ether oxygens (including phenoxy) is 9. The molecule has 2 fully saturated rings. The van der Waals surface area contributed by atoms with Crippen LogP contribution in [0.1, 0.15) is 90.4 Å². The van der Waals surface area contributed by atoms with E-state index in [2.05, 4.69) is 10.0 Å². The second-order valence-corrected chi connectivity index (χ2v) is 18.0. The molecular formula is C38H55Cl3IN3O12. The normalized spacial score (nSPS) is 28.5. The van der Waals surface area contributed by atoms with Gasteiger partial charge >= 0.3 is 17.9 Å². The molecule has 1 aromatic carbocycles. The molecule has 11 atom stereocenters. The zero-order valence-corrected chi connectivity index (χ0v) is 37.8. The van der Waals surface area contributed by atoms with Crippen molar-refractivity contribution in [3.8, 4) is 0 Å². The van der Waals surface area contributed by atoms with Crippen LogP contribution in [-0.2, 0) is 52.2 Å². The van der Waals surface area contributed by atoms with Crippen molar-refractivity contribution < 1.29 is 57.0 Å². The fourth-order valence-electron chi connectivity index (χ4n) is 6.28. The van der Waals surface area contributed by atoms with Crippen LogP contribution in [0.15, 0.2) is 35.4 Å². The molecule has 0 aromatic heterocycles. The number of carbonyl (C=O) groups is 3.